The van der Waals surface area contributed by atoms with E-state index in [1.54, 1.807) is 6.07 Å². The molecule has 0 radical (unpaired) electrons. The number of H-pyrrole nitrogens is 1. The molecule has 7 nitrogen and oxygen atoms in total. The molecule has 2 heterocycles. The number of hydrogen-bond acceptors (Lipinski definition) is 6. The first-order chi connectivity index (χ1) is 13.1. The molecule has 3 N–H and O–H groups in total. The van der Waals surface area contributed by atoms with Crippen molar-refractivity contribution in [2.75, 3.05) is 6.79 Å². The second-order valence-corrected chi connectivity index (χ2v) is 6.95. The molecule has 1 aliphatic rings. The highest BCUT2D eigenvalue weighted by molar-refractivity contribution is 8.13. The van der Waals surface area contributed by atoms with Crippen LogP contribution in [-0.2, 0) is 6.42 Å². The van der Waals surface area contributed by atoms with E-state index in [1.807, 2.05) is 18.2 Å². The molecule has 0 aliphatic carbocycles. The van der Waals surface area contributed by atoms with Gasteiger partial charge in [0.1, 0.15) is 11.5 Å². The summed E-state index contributed by atoms with van der Waals surface area (Å²) in [5, 5.41) is 7.42. The molecule has 0 spiro atoms. The van der Waals surface area contributed by atoms with Gasteiger partial charge in [0.2, 0.25) is 11.9 Å². The number of aliphatic imine (C=N–C) groups is 1. The lowest BCUT2D eigenvalue weighted by atomic mass is 10.1. The van der Waals surface area contributed by atoms with E-state index in [9.17, 15) is 4.39 Å². The third-order valence-electron chi connectivity index (χ3n) is 3.68. The standard InChI is InChI=1S/C17H13ClFN5O2S/c18-10-2-1-3-11(15(10)19)21-16(20)27-17-22-14(23-24-17)7-9-4-5-12-13(6-9)26-8-25-12/h1-6H,7-8H2,(H2,20,21)(H,22,23,24). The van der Waals surface area contributed by atoms with Crippen molar-refractivity contribution < 1.29 is 13.9 Å². The summed E-state index contributed by atoms with van der Waals surface area (Å²) >= 11 is 6.76. The number of nitrogens with zero attached hydrogens (tertiary/aromatic N) is 3. The lowest BCUT2D eigenvalue weighted by molar-refractivity contribution is 0.174. The number of thioether (sulfide) groups is 1. The van der Waals surface area contributed by atoms with E-state index in [0.29, 0.717) is 23.2 Å². The summed E-state index contributed by atoms with van der Waals surface area (Å²) < 4.78 is 24.5. The zero-order valence-electron chi connectivity index (χ0n) is 13.8. The fraction of sp³-hybridized carbons (Fsp3) is 0.118. The topological polar surface area (TPSA) is 98.4 Å². The molecule has 138 valence electrons. The summed E-state index contributed by atoms with van der Waals surface area (Å²) in [4.78, 5) is 8.39. The van der Waals surface area contributed by atoms with Gasteiger partial charge in [-0.1, -0.05) is 23.7 Å². The van der Waals surface area contributed by atoms with Crippen LogP contribution in [0.1, 0.15) is 11.4 Å². The monoisotopic (exact) mass is 405 g/mol. The third-order valence-corrected chi connectivity index (χ3v) is 4.63. The van der Waals surface area contributed by atoms with Crippen molar-refractivity contribution in [3.05, 3.63) is 58.6 Å². The number of halogens is 2. The second-order valence-electron chi connectivity index (χ2n) is 5.55. The molecule has 2 aromatic carbocycles. The molecule has 10 heteroatoms. The van der Waals surface area contributed by atoms with Gasteiger partial charge in [-0.3, -0.25) is 5.10 Å². The van der Waals surface area contributed by atoms with Gasteiger partial charge < -0.3 is 15.2 Å². The Kier molecular flexibility index (Phi) is 4.87. The number of benzene rings is 2. The van der Waals surface area contributed by atoms with Crippen molar-refractivity contribution in [3.63, 3.8) is 0 Å². The average molecular weight is 406 g/mol. The Morgan fingerprint density at radius 2 is 2.15 bits per heavy atom. The fourth-order valence-electron chi connectivity index (χ4n) is 2.46. The number of rotatable bonds is 4. The maximum atomic E-state index is 13.9. The second kappa shape index (κ2) is 7.45. The predicted molar refractivity (Wildman–Crippen MR) is 100 cm³/mol. The largest absolute Gasteiger partial charge is 0.454 e. The van der Waals surface area contributed by atoms with E-state index in [4.69, 9.17) is 26.8 Å². The van der Waals surface area contributed by atoms with Crippen molar-refractivity contribution in [3.8, 4) is 11.5 Å². The van der Waals surface area contributed by atoms with Crippen LogP contribution in [0.2, 0.25) is 5.02 Å². The van der Waals surface area contributed by atoms with E-state index in [0.717, 1.165) is 23.1 Å². The summed E-state index contributed by atoms with van der Waals surface area (Å²) in [6.07, 6.45) is 0.532. The molecule has 0 saturated carbocycles. The number of nitrogens with one attached hydrogen (secondary N) is 1. The highest BCUT2D eigenvalue weighted by Gasteiger charge is 2.14. The molecular weight excluding hydrogens is 393 g/mol. The Hall–Kier alpha value is -2.78. The van der Waals surface area contributed by atoms with Crippen LogP contribution in [0.3, 0.4) is 0 Å². The Balaban J connectivity index is 1.45. The van der Waals surface area contributed by atoms with Crippen LogP contribution in [0.5, 0.6) is 11.5 Å². The summed E-state index contributed by atoms with van der Waals surface area (Å²) in [5.74, 6) is 1.46. The summed E-state index contributed by atoms with van der Waals surface area (Å²) in [7, 11) is 0. The maximum absolute atomic E-state index is 13.9. The number of fused-ring (bicyclic) bond motifs is 1. The van der Waals surface area contributed by atoms with Crippen molar-refractivity contribution in [1.82, 2.24) is 15.2 Å². The van der Waals surface area contributed by atoms with Gasteiger partial charge in [0.05, 0.1) is 5.02 Å². The molecule has 0 saturated heterocycles. The quantitative estimate of drug-likeness (QED) is 0.390. The van der Waals surface area contributed by atoms with Gasteiger partial charge in [-0.05, 0) is 41.6 Å². The van der Waals surface area contributed by atoms with Crippen LogP contribution in [0.4, 0.5) is 10.1 Å². The van der Waals surface area contributed by atoms with Gasteiger partial charge in [-0.25, -0.2) is 14.4 Å². The number of nitrogens with two attached hydrogens (primary N) is 1. The molecular formula is C17H13ClFN5O2S. The molecule has 3 aromatic rings. The average Bonchev–Trinajstić information content (AvgIpc) is 3.28. The summed E-state index contributed by atoms with van der Waals surface area (Å²) in [6, 6.07) is 10.2. The van der Waals surface area contributed by atoms with Gasteiger partial charge in [0.25, 0.3) is 0 Å². The lowest BCUT2D eigenvalue weighted by Gasteiger charge is -2.01. The molecule has 1 aliphatic heterocycles. The van der Waals surface area contributed by atoms with E-state index in [-0.39, 0.29) is 22.7 Å². The maximum Gasteiger partial charge on any atom is 0.231 e. The van der Waals surface area contributed by atoms with Gasteiger partial charge in [0.15, 0.2) is 22.5 Å². The molecule has 0 amide bonds. The molecule has 0 atom stereocenters. The van der Waals surface area contributed by atoms with Gasteiger partial charge in [-0.2, -0.15) is 0 Å². The normalized spacial score (nSPS) is 13.2. The van der Waals surface area contributed by atoms with Crippen molar-refractivity contribution in [1.29, 1.82) is 0 Å². The number of hydrogen-bond donors (Lipinski definition) is 2. The number of aromatic nitrogens is 3. The highest BCUT2D eigenvalue weighted by atomic mass is 35.5. The minimum Gasteiger partial charge on any atom is -0.454 e. The first-order valence-corrected chi connectivity index (χ1v) is 9.04. The Labute approximate surface area is 162 Å². The van der Waals surface area contributed by atoms with Crippen LogP contribution in [0.15, 0.2) is 46.5 Å². The zero-order chi connectivity index (χ0) is 18.8. The Bertz CT molecular complexity index is 1030. The number of aromatic amines is 1. The van der Waals surface area contributed by atoms with E-state index in [1.165, 1.54) is 12.1 Å². The van der Waals surface area contributed by atoms with Gasteiger partial charge in [-0.15, -0.1) is 5.10 Å². The molecule has 0 unspecified atom stereocenters. The number of ether oxygens (including phenoxy) is 2. The van der Waals surface area contributed by atoms with Gasteiger partial charge >= 0.3 is 0 Å². The van der Waals surface area contributed by atoms with Gasteiger partial charge in [0, 0.05) is 6.42 Å². The van der Waals surface area contributed by atoms with Crippen LogP contribution in [-0.4, -0.2) is 27.1 Å². The molecule has 0 fully saturated rings. The molecule has 4 rings (SSSR count). The van der Waals surface area contributed by atoms with Crippen LogP contribution < -0.4 is 15.2 Å². The first kappa shape index (κ1) is 17.6. The van der Waals surface area contributed by atoms with E-state index >= 15 is 0 Å². The minimum absolute atomic E-state index is 0.0158. The minimum atomic E-state index is -0.624. The molecule has 27 heavy (non-hydrogen) atoms. The predicted octanol–water partition coefficient (Wildman–Crippen LogP) is 3.66. The van der Waals surface area contributed by atoms with Crippen molar-refractivity contribution >= 4 is 34.2 Å². The molecule has 1 aromatic heterocycles. The van der Waals surface area contributed by atoms with Crippen LogP contribution in [0, 0.1) is 5.82 Å². The lowest BCUT2D eigenvalue weighted by Crippen LogP contribution is -2.06. The SMILES string of the molecule is NC(=Nc1cccc(Cl)c1F)Sc1n[nH]c(Cc2ccc3c(c2)OCO3)n1. The van der Waals surface area contributed by atoms with Crippen LogP contribution >= 0.6 is 23.4 Å². The fourth-order valence-corrected chi connectivity index (χ4v) is 3.21. The Morgan fingerprint density at radius 3 is 3.04 bits per heavy atom. The van der Waals surface area contributed by atoms with E-state index < -0.39 is 5.82 Å². The zero-order valence-corrected chi connectivity index (χ0v) is 15.4. The van der Waals surface area contributed by atoms with Crippen molar-refractivity contribution in [2.45, 2.75) is 11.6 Å². The van der Waals surface area contributed by atoms with Crippen molar-refractivity contribution in [2.24, 2.45) is 10.7 Å². The first-order valence-electron chi connectivity index (χ1n) is 7.84. The number of amidine groups is 1. The summed E-state index contributed by atoms with van der Waals surface area (Å²) in [5.41, 5.74) is 6.91. The smallest absolute Gasteiger partial charge is 0.231 e. The highest BCUT2D eigenvalue weighted by Crippen LogP contribution is 2.33. The molecule has 0 bridgehead atoms. The van der Waals surface area contributed by atoms with Crippen LogP contribution in [0.25, 0.3) is 0 Å². The Morgan fingerprint density at radius 1 is 1.30 bits per heavy atom. The summed E-state index contributed by atoms with van der Waals surface area (Å²) in [6.45, 7) is 0.230. The third kappa shape index (κ3) is 3.99. The van der Waals surface area contributed by atoms with E-state index in [2.05, 4.69) is 20.2 Å².